The van der Waals surface area contributed by atoms with Gasteiger partial charge in [-0.2, -0.15) is 13.2 Å². The molecule has 0 aliphatic heterocycles. The Bertz CT molecular complexity index is 755. The van der Waals surface area contributed by atoms with Crippen LogP contribution in [-0.4, -0.2) is 18.1 Å². The lowest BCUT2D eigenvalue weighted by Crippen LogP contribution is -2.30. The smallest absolute Gasteiger partial charge is 0.418 e. The Labute approximate surface area is 142 Å². The van der Waals surface area contributed by atoms with Gasteiger partial charge in [0, 0.05) is 5.56 Å². The summed E-state index contributed by atoms with van der Waals surface area (Å²) in [5.41, 5.74) is -1.16. The van der Waals surface area contributed by atoms with Gasteiger partial charge in [-0.05, 0) is 31.5 Å². The van der Waals surface area contributed by atoms with Crippen LogP contribution >= 0.6 is 11.6 Å². The maximum Gasteiger partial charge on any atom is 0.418 e. The van der Waals surface area contributed by atoms with Crippen LogP contribution in [0.2, 0.25) is 5.15 Å². The highest BCUT2D eigenvalue weighted by Gasteiger charge is 2.35. The van der Waals surface area contributed by atoms with Gasteiger partial charge in [0.05, 0.1) is 23.8 Å². The first-order valence-electron chi connectivity index (χ1n) is 7.00. The van der Waals surface area contributed by atoms with E-state index in [0.29, 0.717) is 5.56 Å². The minimum atomic E-state index is -4.54. The highest BCUT2D eigenvalue weighted by molar-refractivity contribution is 6.29. The summed E-state index contributed by atoms with van der Waals surface area (Å²) in [6.07, 6.45) is -4.54. The lowest BCUT2D eigenvalue weighted by Gasteiger charge is -2.22. The lowest BCUT2D eigenvalue weighted by molar-refractivity contribution is -0.146. The third-order valence-corrected chi connectivity index (χ3v) is 3.95. The molecule has 0 spiro atoms. The van der Waals surface area contributed by atoms with Gasteiger partial charge in [0.15, 0.2) is 0 Å². The van der Waals surface area contributed by atoms with Crippen molar-refractivity contribution >= 4 is 17.6 Å². The topological polar surface area (TPSA) is 39.2 Å². The molecule has 0 aliphatic rings. The minimum absolute atomic E-state index is 0.0306. The molecule has 7 heteroatoms. The van der Waals surface area contributed by atoms with Crippen molar-refractivity contribution in [3.05, 3.63) is 52.7 Å². The molecule has 0 aliphatic carbocycles. The van der Waals surface area contributed by atoms with E-state index >= 15 is 0 Å². The molecule has 24 heavy (non-hydrogen) atoms. The van der Waals surface area contributed by atoms with E-state index in [1.165, 1.54) is 19.2 Å². The molecule has 0 saturated carbocycles. The van der Waals surface area contributed by atoms with Gasteiger partial charge in [-0.1, -0.05) is 35.9 Å². The maximum atomic E-state index is 13.1. The van der Waals surface area contributed by atoms with E-state index in [2.05, 4.69) is 4.98 Å². The van der Waals surface area contributed by atoms with E-state index in [4.69, 9.17) is 16.3 Å². The quantitative estimate of drug-likeness (QED) is 0.581. The van der Waals surface area contributed by atoms with Crippen molar-refractivity contribution in [1.29, 1.82) is 0 Å². The largest absolute Gasteiger partial charge is 0.468 e. The number of esters is 1. The van der Waals surface area contributed by atoms with Gasteiger partial charge in [-0.3, -0.25) is 4.79 Å². The SMILES string of the molecule is COC(=O)C(C)(C)c1ccc(-c2nc(Cl)ccc2C(F)(F)F)cc1. The number of benzene rings is 1. The summed E-state index contributed by atoms with van der Waals surface area (Å²) in [5, 5.41) is -0.0306. The normalized spacial score (nSPS) is 12.1. The van der Waals surface area contributed by atoms with Crippen LogP contribution in [0.4, 0.5) is 13.2 Å². The van der Waals surface area contributed by atoms with E-state index in [9.17, 15) is 18.0 Å². The molecule has 0 unspecified atom stereocenters. The fourth-order valence-electron chi connectivity index (χ4n) is 2.30. The summed E-state index contributed by atoms with van der Waals surface area (Å²) in [6, 6.07) is 8.12. The number of pyridine rings is 1. The number of hydrogen-bond acceptors (Lipinski definition) is 3. The van der Waals surface area contributed by atoms with Crippen molar-refractivity contribution in [2.75, 3.05) is 7.11 Å². The van der Waals surface area contributed by atoms with Crippen LogP contribution in [0.25, 0.3) is 11.3 Å². The van der Waals surface area contributed by atoms with Crippen molar-refractivity contribution in [1.82, 2.24) is 4.98 Å². The molecule has 1 aromatic heterocycles. The molecule has 0 radical (unpaired) electrons. The molecule has 2 rings (SSSR count). The van der Waals surface area contributed by atoms with Gasteiger partial charge in [-0.15, -0.1) is 0 Å². The molecule has 1 heterocycles. The van der Waals surface area contributed by atoms with Crippen LogP contribution in [0.15, 0.2) is 36.4 Å². The molecule has 1 aromatic carbocycles. The minimum Gasteiger partial charge on any atom is -0.468 e. The molecule has 0 N–H and O–H groups in total. The Morgan fingerprint density at radius 3 is 2.17 bits per heavy atom. The van der Waals surface area contributed by atoms with Gasteiger partial charge in [0.25, 0.3) is 0 Å². The lowest BCUT2D eigenvalue weighted by atomic mass is 9.84. The molecule has 3 nitrogen and oxygen atoms in total. The van der Waals surface area contributed by atoms with Gasteiger partial charge in [0.2, 0.25) is 0 Å². The Kier molecular flexibility index (Phi) is 4.90. The first-order valence-corrected chi connectivity index (χ1v) is 7.38. The van der Waals surface area contributed by atoms with Crippen LogP contribution in [0, 0.1) is 0 Å². The molecule has 0 atom stereocenters. The first-order chi connectivity index (χ1) is 11.1. The van der Waals surface area contributed by atoms with E-state index in [-0.39, 0.29) is 16.4 Å². The second-order valence-corrected chi connectivity index (χ2v) is 6.11. The Morgan fingerprint density at radius 1 is 1.08 bits per heavy atom. The number of aromatic nitrogens is 1. The number of carbonyl (C=O) groups excluding carboxylic acids is 1. The van der Waals surface area contributed by atoms with Crippen LogP contribution in [-0.2, 0) is 21.1 Å². The number of hydrogen-bond donors (Lipinski definition) is 0. The summed E-state index contributed by atoms with van der Waals surface area (Å²) in [6.45, 7) is 3.35. The average molecular weight is 358 g/mol. The summed E-state index contributed by atoms with van der Waals surface area (Å²) < 4.78 is 44.2. The van der Waals surface area contributed by atoms with Gasteiger partial charge < -0.3 is 4.74 Å². The molecule has 2 aromatic rings. The highest BCUT2D eigenvalue weighted by Crippen LogP contribution is 2.37. The second kappa shape index (κ2) is 6.43. The van der Waals surface area contributed by atoms with Crippen molar-refractivity contribution in [3.8, 4) is 11.3 Å². The zero-order valence-corrected chi connectivity index (χ0v) is 14.0. The molecule has 0 amide bonds. The molecular weight excluding hydrogens is 343 g/mol. The fraction of sp³-hybridized carbons (Fsp3) is 0.294. The zero-order valence-electron chi connectivity index (χ0n) is 13.2. The van der Waals surface area contributed by atoms with Gasteiger partial charge in [-0.25, -0.2) is 4.98 Å². The number of methoxy groups -OCH3 is 1. The molecular formula is C17H15ClF3NO2. The van der Waals surface area contributed by atoms with E-state index in [1.807, 2.05) is 0 Å². The van der Waals surface area contributed by atoms with Crippen molar-refractivity contribution < 1.29 is 22.7 Å². The van der Waals surface area contributed by atoms with Crippen molar-refractivity contribution in [3.63, 3.8) is 0 Å². The second-order valence-electron chi connectivity index (χ2n) is 5.72. The third-order valence-electron chi connectivity index (χ3n) is 3.74. The van der Waals surface area contributed by atoms with Gasteiger partial charge >= 0.3 is 12.1 Å². The predicted octanol–water partition coefficient (Wildman–Crippen LogP) is 4.87. The monoisotopic (exact) mass is 357 g/mol. The van der Waals surface area contributed by atoms with Crippen LogP contribution in [0.3, 0.4) is 0 Å². The van der Waals surface area contributed by atoms with Gasteiger partial charge in [0.1, 0.15) is 5.15 Å². The summed E-state index contributed by atoms with van der Waals surface area (Å²) in [4.78, 5) is 15.6. The number of ether oxygens (including phenoxy) is 1. The summed E-state index contributed by atoms with van der Waals surface area (Å²) in [7, 11) is 1.28. The summed E-state index contributed by atoms with van der Waals surface area (Å²) in [5.74, 6) is -0.438. The van der Waals surface area contributed by atoms with Crippen molar-refractivity contribution in [2.45, 2.75) is 25.4 Å². The van der Waals surface area contributed by atoms with E-state index in [0.717, 1.165) is 12.1 Å². The maximum absolute atomic E-state index is 13.1. The predicted molar refractivity (Wildman–Crippen MR) is 84.7 cm³/mol. The third kappa shape index (κ3) is 3.53. The van der Waals surface area contributed by atoms with Crippen LogP contribution in [0.5, 0.6) is 0 Å². The highest BCUT2D eigenvalue weighted by atomic mass is 35.5. The number of alkyl halides is 3. The van der Waals surface area contributed by atoms with Crippen LogP contribution < -0.4 is 0 Å². The Balaban J connectivity index is 2.50. The van der Waals surface area contributed by atoms with Crippen molar-refractivity contribution in [2.24, 2.45) is 0 Å². The number of rotatable bonds is 3. The Hall–Kier alpha value is -2.08. The van der Waals surface area contributed by atoms with E-state index in [1.54, 1.807) is 26.0 Å². The molecule has 128 valence electrons. The number of halogens is 4. The fourth-order valence-corrected chi connectivity index (χ4v) is 2.45. The molecule has 0 saturated heterocycles. The number of nitrogens with zero attached hydrogens (tertiary/aromatic N) is 1. The molecule has 0 fully saturated rings. The standard InChI is InChI=1S/C17H15ClF3NO2/c1-16(2,15(23)24-3)11-6-4-10(5-7-11)14-12(17(19,20)21)8-9-13(18)22-14/h4-9H,1-3H3. The average Bonchev–Trinajstić information content (AvgIpc) is 2.52. The summed E-state index contributed by atoms with van der Waals surface area (Å²) >= 11 is 5.74. The van der Waals surface area contributed by atoms with Crippen LogP contribution in [0.1, 0.15) is 25.0 Å². The number of carbonyl (C=O) groups is 1. The first kappa shape index (κ1) is 18.3. The zero-order chi connectivity index (χ0) is 18.1. The van der Waals surface area contributed by atoms with E-state index < -0.39 is 23.1 Å². The molecule has 0 bridgehead atoms. The Morgan fingerprint density at radius 2 is 1.67 bits per heavy atom.